The van der Waals surface area contributed by atoms with Crippen LogP contribution >= 0.6 is 0 Å². The zero-order valence-electron chi connectivity index (χ0n) is 27.4. The van der Waals surface area contributed by atoms with Crippen molar-refractivity contribution in [3.8, 4) is 22.4 Å². The van der Waals surface area contributed by atoms with Crippen LogP contribution in [0.1, 0.15) is 35.3 Å². The van der Waals surface area contributed by atoms with Crippen molar-refractivity contribution in [2.75, 3.05) is 43.4 Å². The predicted molar refractivity (Wildman–Crippen MR) is 179 cm³/mol. The number of carboxylic acid groups (broad SMARTS) is 1. The van der Waals surface area contributed by atoms with Crippen molar-refractivity contribution in [2.24, 2.45) is 0 Å². The lowest BCUT2D eigenvalue weighted by atomic mass is 9.94. The molecular formula is C35H38F3N5O5. The van der Waals surface area contributed by atoms with Crippen molar-refractivity contribution in [1.82, 2.24) is 14.9 Å². The number of benzene rings is 2. The number of aromatic nitrogens is 2. The number of piperazine rings is 1. The Kier molecular flexibility index (Phi) is 10.9. The average Bonchev–Trinajstić information content (AvgIpc) is 3.43. The molecule has 13 heteroatoms. The van der Waals surface area contributed by atoms with Crippen molar-refractivity contribution < 1.29 is 37.4 Å². The van der Waals surface area contributed by atoms with Crippen LogP contribution < -0.4 is 10.2 Å². The Balaban J connectivity index is 0.000000671. The van der Waals surface area contributed by atoms with Crippen molar-refractivity contribution >= 4 is 40.3 Å². The molecule has 5 rings (SSSR count). The van der Waals surface area contributed by atoms with E-state index in [1.165, 1.54) is 11.8 Å². The molecule has 10 nitrogen and oxygen atoms in total. The standard InChI is InChI=1S/C33H37N5O3.C2HF3O2/c1-7-28(39)35-27-18-24(9-8-21(27)4)30-29-22(5)26(33(40)41-20(2)3)19-34-32(29)36-31(30)23-10-12-25(13-11-23)38-16-14-37(6)15-17-38;3-2(4,5)1(6)7/h7-13,18-20H,1,14-17H2,2-6H3,(H,34,36)(H,35,39);(H,6,7). The van der Waals surface area contributed by atoms with Crippen LogP contribution in [0.3, 0.4) is 0 Å². The summed E-state index contributed by atoms with van der Waals surface area (Å²) in [7, 11) is 2.15. The third-order valence-corrected chi connectivity index (χ3v) is 7.88. The predicted octanol–water partition coefficient (Wildman–Crippen LogP) is 6.59. The van der Waals surface area contributed by atoms with Crippen LogP contribution in [-0.2, 0) is 14.3 Å². The molecule has 1 amide bonds. The number of carbonyl (C=O) groups excluding carboxylic acids is 2. The number of aliphatic carboxylic acids is 1. The number of aryl methyl sites for hydroxylation is 2. The first-order chi connectivity index (χ1) is 22.6. The number of pyridine rings is 1. The highest BCUT2D eigenvalue weighted by atomic mass is 19.4. The number of nitrogens with one attached hydrogen (secondary N) is 2. The molecule has 3 heterocycles. The first-order valence-electron chi connectivity index (χ1n) is 15.2. The number of nitrogens with zero attached hydrogens (tertiary/aromatic N) is 3. The molecule has 0 unspecified atom stereocenters. The van der Waals surface area contributed by atoms with E-state index >= 15 is 0 Å². The van der Waals surface area contributed by atoms with Gasteiger partial charge in [-0.25, -0.2) is 14.6 Å². The van der Waals surface area contributed by atoms with Gasteiger partial charge in [-0.2, -0.15) is 13.2 Å². The van der Waals surface area contributed by atoms with Gasteiger partial charge in [0.2, 0.25) is 5.91 Å². The van der Waals surface area contributed by atoms with Crippen LogP contribution in [-0.4, -0.2) is 83.3 Å². The molecule has 0 saturated carbocycles. The number of likely N-dealkylation sites (N-methyl/N-ethyl adjacent to an activating group) is 1. The van der Waals surface area contributed by atoms with Crippen LogP contribution in [0, 0.1) is 13.8 Å². The van der Waals surface area contributed by atoms with Gasteiger partial charge < -0.3 is 29.9 Å². The van der Waals surface area contributed by atoms with Crippen molar-refractivity contribution in [3.05, 3.63) is 78.0 Å². The number of aromatic amines is 1. The Morgan fingerprint density at radius 2 is 1.65 bits per heavy atom. The number of carbonyl (C=O) groups is 3. The summed E-state index contributed by atoms with van der Waals surface area (Å²) in [6, 6.07) is 14.5. The van der Waals surface area contributed by atoms with E-state index < -0.39 is 18.1 Å². The molecule has 1 saturated heterocycles. The van der Waals surface area contributed by atoms with Gasteiger partial charge in [-0.05, 0) is 81.3 Å². The largest absolute Gasteiger partial charge is 0.490 e. The molecule has 2 aromatic carbocycles. The van der Waals surface area contributed by atoms with Gasteiger partial charge in [0.1, 0.15) is 5.65 Å². The lowest BCUT2D eigenvalue weighted by molar-refractivity contribution is -0.192. The Bertz CT molecular complexity index is 1830. The molecule has 0 radical (unpaired) electrons. The van der Waals surface area contributed by atoms with Gasteiger partial charge in [0.15, 0.2) is 0 Å². The number of H-pyrrole nitrogens is 1. The summed E-state index contributed by atoms with van der Waals surface area (Å²) in [6.45, 7) is 15.2. The van der Waals surface area contributed by atoms with Crippen molar-refractivity contribution in [2.45, 2.75) is 40.0 Å². The number of rotatable bonds is 7. The minimum Gasteiger partial charge on any atom is -0.475 e. The molecule has 0 spiro atoms. The second-order valence-corrected chi connectivity index (χ2v) is 11.7. The number of halogens is 3. The third-order valence-electron chi connectivity index (χ3n) is 7.88. The van der Waals surface area contributed by atoms with E-state index in [0.717, 1.165) is 65.1 Å². The molecule has 1 fully saturated rings. The lowest BCUT2D eigenvalue weighted by Gasteiger charge is -2.34. The summed E-state index contributed by atoms with van der Waals surface area (Å²) in [5.41, 5.74) is 8.38. The summed E-state index contributed by atoms with van der Waals surface area (Å²) in [5.74, 6) is -3.44. The minimum absolute atomic E-state index is 0.245. The highest BCUT2D eigenvalue weighted by Crippen LogP contribution is 2.41. The number of fused-ring (bicyclic) bond motifs is 1. The Morgan fingerprint density at radius 3 is 2.21 bits per heavy atom. The molecule has 3 N–H and O–H groups in total. The summed E-state index contributed by atoms with van der Waals surface area (Å²) in [5, 5.41) is 10.9. The van der Waals surface area contributed by atoms with Gasteiger partial charge in [-0.3, -0.25) is 4.79 Å². The monoisotopic (exact) mass is 665 g/mol. The lowest BCUT2D eigenvalue weighted by Crippen LogP contribution is -2.44. The summed E-state index contributed by atoms with van der Waals surface area (Å²) < 4.78 is 37.3. The SMILES string of the molecule is C=CC(=O)Nc1cc(-c2c(-c3ccc(N4CCN(C)CC4)cc3)[nH]c3ncc(C(=O)OC(C)C)c(C)c23)ccc1C.O=C(O)C(F)(F)F. The van der Waals surface area contributed by atoms with Gasteiger partial charge in [0.05, 0.1) is 17.4 Å². The van der Waals surface area contributed by atoms with Gasteiger partial charge in [-0.15, -0.1) is 0 Å². The van der Waals surface area contributed by atoms with Crippen LogP contribution in [0.15, 0.2) is 61.3 Å². The molecule has 254 valence electrons. The van der Waals surface area contributed by atoms with E-state index in [9.17, 15) is 22.8 Å². The zero-order chi connectivity index (χ0) is 35.3. The fourth-order valence-corrected chi connectivity index (χ4v) is 5.30. The summed E-state index contributed by atoms with van der Waals surface area (Å²) >= 11 is 0. The van der Waals surface area contributed by atoms with E-state index in [0.29, 0.717) is 16.9 Å². The zero-order valence-corrected chi connectivity index (χ0v) is 27.4. The molecule has 0 aliphatic carbocycles. The van der Waals surface area contributed by atoms with Crippen LogP contribution in [0.25, 0.3) is 33.4 Å². The molecule has 1 aliphatic heterocycles. The Morgan fingerprint density at radius 1 is 1.04 bits per heavy atom. The topological polar surface area (TPSA) is 128 Å². The van der Waals surface area contributed by atoms with Crippen molar-refractivity contribution in [1.29, 1.82) is 0 Å². The van der Waals surface area contributed by atoms with Crippen molar-refractivity contribution in [3.63, 3.8) is 0 Å². The van der Waals surface area contributed by atoms with Gasteiger partial charge >= 0.3 is 18.1 Å². The summed E-state index contributed by atoms with van der Waals surface area (Å²) in [6.07, 6.45) is -2.49. The first kappa shape index (κ1) is 35.7. The fourth-order valence-electron chi connectivity index (χ4n) is 5.30. The molecule has 0 bridgehead atoms. The molecule has 4 aromatic rings. The second kappa shape index (κ2) is 14.7. The van der Waals surface area contributed by atoms with E-state index in [1.807, 2.05) is 45.9 Å². The number of hydrogen-bond donors (Lipinski definition) is 3. The molecule has 1 aliphatic rings. The van der Waals surface area contributed by atoms with E-state index in [1.54, 1.807) is 6.20 Å². The fraction of sp³-hybridized carbons (Fsp3) is 0.314. The Labute approximate surface area is 276 Å². The van der Waals surface area contributed by atoms with Gasteiger partial charge in [-0.1, -0.05) is 30.8 Å². The number of alkyl halides is 3. The highest BCUT2D eigenvalue weighted by molar-refractivity contribution is 6.08. The van der Waals surface area contributed by atoms with Crippen LogP contribution in [0.2, 0.25) is 0 Å². The van der Waals surface area contributed by atoms with Crippen LogP contribution in [0.4, 0.5) is 24.5 Å². The molecule has 2 aromatic heterocycles. The Hall–Kier alpha value is -5.17. The van der Waals surface area contributed by atoms with Gasteiger partial charge in [0.25, 0.3) is 0 Å². The highest BCUT2D eigenvalue weighted by Gasteiger charge is 2.38. The van der Waals surface area contributed by atoms with E-state index in [2.05, 4.69) is 63.0 Å². The third kappa shape index (κ3) is 8.21. The van der Waals surface area contributed by atoms with E-state index in [4.69, 9.17) is 14.6 Å². The quantitative estimate of drug-likeness (QED) is 0.149. The number of anilines is 2. The minimum atomic E-state index is -5.08. The normalized spacial score (nSPS) is 13.6. The average molecular weight is 666 g/mol. The number of hydrogen-bond acceptors (Lipinski definition) is 7. The maximum Gasteiger partial charge on any atom is 0.490 e. The smallest absolute Gasteiger partial charge is 0.475 e. The van der Waals surface area contributed by atoms with E-state index in [-0.39, 0.29) is 12.0 Å². The maximum atomic E-state index is 13.0. The summed E-state index contributed by atoms with van der Waals surface area (Å²) in [4.78, 5) is 47.0. The molecule has 0 atom stereocenters. The number of amides is 1. The van der Waals surface area contributed by atoms with Gasteiger partial charge in [0, 0.05) is 54.7 Å². The second-order valence-electron chi connectivity index (χ2n) is 11.7. The first-order valence-corrected chi connectivity index (χ1v) is 15.2. The molecule has 48 heavy (non-hydrogen) atoms. The molecular weight excluding hydrogens is 627 g/mol. The number of ether oxygens (including phenoxy) is 1. The number of esters is 1. The maximum absolute atomic E-state index is 13.0. The number of carboxylic acids is 1. The van der Waals surface area contributed by atoms with Crippen LogP contribution in [0.5, 0.6) is 0 Å².